The van der Waals surface area contributed by atoms with E-state index in [-0.39, 0.29) is 18.1 Å². The van der Waals surface area contributed by atoms with E-state index < -0.39 is 0 Å². The van der Waals surface area contributed by atoms with Gasteiger partial charge in [-0.15, -0.1) is 5.10 Å². The minimum absolute atomic E-state index is 0.0996. The quantitative estimate of drug-likeness (QED) is 0.733. The summed E-state index contributed by atoms with van der Waals surface area (Å²) in [4.78, 5) is 26.0. The summed E-state index contributed by atoms with van der Waals surface area (Å²) in [6.45, 7) is 0.319. The summed E-state index contributed by atoms with van der Waals surface area (Å²) < 4.78 is 2.58. The number of rotatable bonds is 4. The first kappa shape index (κ1) is 15.3. The van der Waals surface area contributed by atoms with E-state index in [1.807, 2.05) is 18.2 Å². The lowest BCUT2D eigenvalue weighted by Gasteiger charge is -2.17. The molecule has 0 aliphatic heterocycles. The molecule has 0 spiro atoms. The van der Waals surface area contributed by atoms with E-state index in [0.717, 1.165) is 5.56 Å². The van der Waals surface area contributed by atoms with Crippen LogP contribution in [0.4, 0.5) is 0 Å². The molecule has 1 amide bonds. The fourth-order valence-corrected chi connectivity index (χ4v) is 2.53. The van der Waals surface area contributed by atoms with Crippen LogP contribution in [-0.2, 0) is 17.9 Å². The van der Waals surface area contributed by atoms with Crippen LogP contribution in [0.5, 0.6) is 0 Å². The van der Waals surface area contributed by atoms with E-state index in [1.165, 1.54) is 9.08 Å². The number of aromatic nitrogens is 3. The Kier molecular flexibility index (Phi) is 4.16. The highest BCUT2D eigenvalue weighted by molar-refractivity contribution is 6.30. The fourth-order valence-electron chi connectivity index (χ4n) is 2.32. The largest absolute Gasteiger partial charge is 0.350 e. The predicted octanol–water partition coefficient (Wildman–Crippen LogP) is 1.81. The van der Waals surface area contributed by atoms with Crippen molar-refractivity contribution >= 4 is 23.2 Å². The first-order chi connectivity index (χ1) is 11.0. The Hall–Kier alpha value is -2.60. The van der Waals surface area contributed by atoms with Gasteiger partial charge in [0, 0.05) is 24.8 Å². The van der Waals surface area contributed by atoms with Crippen molar-refractivity contribution in [2.75, 3.05) is 7.05 Å². The van der Waals surface area contributed by atoms with Crippen molar-refractivity contribution in [3.8, 4) is 0 Å². The van der Waals surface area contributed by atoms with Gasteiger partial charge >= 0.3 is 5.69 Å². The standard InChI is InChI=1S/C16H15ClN4O2/c1-19(10-12-5-4-6-13(17)9-12)15(22)11-21-16(23)20-8-3-2-7-14(20)18-21/h2-9H,10-11H2,1H3. The average Bonchev–Trinajstić information content (AvgIpc) is 2.84. The van der Waals surface area contributed by atoms with Gasteiger partial charge < -0.3 is 4.90 Å². The molecule has 6 nitrogen and oxygen atoms in total. The number of carbonyl (C=O) groups is 1. The smallest absolute Gasteiger partial charge is 0.340 e. The molecule has 0 saturated heterocycles. The molecular formula is C16H15ClN4O2. The zero-order chi connectivity index (χ0) is 16.4. The second-order valence-electron chi connectivity index (χ2n) is 5.25. The third-order valence-corrected chi connectivity index (χ3v) is 3.74. The van der Waals surface area contributed by atoms with Crippen molar-refractivity contribution in [3.05, 3.63) is 69.7 Å². The predicted molar refractivity (Wildman–Crippen MR) is 87.4 cm³/mol. The van der Waals surface area contributed by atoms with Crippen molar-refractivity contribution in [2.45, 2.75) is 13.1 Å². The van der Waals surface area contributed by atoms with E-state index in [4.69, 9.17) is 11.6 Å². The Morgan fingerprint density at radius 3 is 2.83 bits per heavy atom. The molecule has 0 radical (unpaired) electrons. The molecule has 0 aliphatic carbocycles. The Bertz CT molecular complexity index is 916. The number of benzene rings is 1. The minimum Gasteiger partial charge on any atom is -0.340 e. The van der Waals surface area contributed by atoms with Crippen LogP contribution in [0.3, 0.4) is 0 Å². The Balaban J connectivity index is 1.75. The lowest BCUT2D eigenvalue weighted by molar-refractivity contribution is -0.131. The van der Waals surface area contributed by atoms with Gasteiger partial charge in [-0.05, 0) is 29.8 Å². The number of hydrogen-bond acceptors (Lipinski definition) is 3. The summed E-state index contributed by atoms with van der Waals surface area (Å²) in [5, 5.41) is 4.78. The van der Waals surface area contributed by atoms with Crippen molar-refractivity contribution < 1.29 is 4.79 Å². The molecule has 7 heteroatoms. The monoisotopic (exact) mass is 330 g/mol. The SMILES string of the molecule is CN(Cc1cccc(Cl)c1)C(=O)Cn1nc2ccccn2c1=O. The topological polar surface area (TPSA) is 59.6 Å². The van der Waals surface area contributed by atoms with Crippen LogP contribution in [0.25, 0.3) is 5.65 Å². The molecule has 0 aliphatic rings. The van der Waals surface area contributed by atoms with Crippen molar-refractivity contribution in [3.63, 3.8) is 0 Å². The zero-order valence-electron chi connectivity index (χ0n) is 12.5. The van der Waals surface area contributed by atoms with Gasteiger partial charge in [-0.3, -0.25) is 9.20 Å². The van der Waals surface area contributed by atoms with Gasteiger partial charge in [0.25, 0.3) is 0 Å². The Morgan fingerprint density at radius 2 is 2.09 bits per heavy atom. The van der Waals surface area contributed by atoms with Crippen molar-refractivity contribution in [2.24, 2.45) is 0 Å². The van der Waals surface area contributed by atoms with Gasteiger partial charge in [0.1, 0.15) is 6.54 Å². The summed E-state index contributed by atoms with van der Waals surface area (Å²) in [5.41, 5.74) is 1.11. The van der Waals surface area contributed by atoms with Crippen molar-refractivity contribution in [1.82, 2.24) is 19.1 Å². The molecule has 2 heterocycles. The number of halogens is 1. The first-order valence-electron chi connectivity index (χ1n) is 7.07. The molecule has 23 heavy (non-hydrogen) atoms. The van der Waals surface area contributed by atoms with Gasteiger partial charge in [-0.25, -0.2) is 9.48 Å². The van der Waals surface area contributed by atoms with Crippen LogP contribution in [-0.4, -0.2) is 32.0 Å². The number of pyridine rings is 1. The van der Waals surface area contributed by atoms with Crippen LogP contribution < -0.4 is 5.69 Å². The van der Waals surface area contributed by atoms with Crippen LogP contribution in [0.2, 0.25) is 5.02 Å². The van der Waals surface area contributed by atoms with E-state index in [0.29, 0.717) is 17.2 Å². The molecule has 1 aromatic carbocycles. The lowest BCUT2D eigenvalue weighted by atomic mass is 10.2. The number of fused-ring (bicyclic) bond motifs is 1. The average molecular weight is 331 g/mol. The zero-order valence-corrected chi connectivity index (χ0v) is 13.3. The normalized spacial score (nSPS) is 10.9. The third-order valence-electron chi connectivity index (χ3n) is 3.51. The Morgan fingerprint density at radius 1 is 1.26 bits per heavy atom. The maximum absolute atomic E-state index is 12.3. The molecule has 3 rings (SSSR count). The fraction of sp³-hybridized carbons (Fsp3) is 0.188. The van der Waals surface area contributed by atoms with Crippen LogP contribution >= 0.6 is 11.6 Å². The summed E-state index contributed by atoms with van der Waals surface area (Å²) in [7, 11) is 1.68. The van der Waals surface area contributed by atoms with Gasteiger partial charge in [0.2, 0.25) is 5.91 Å². The minimum atomic E-state index is -0.329. The second-order valence-corrected chi connectivity index (χ2v) is 5.69. The Labute approximate surface area is 137 Å². The molecule has 0 N–H and O–H groups in total. The van der Waals surface area contributed by atoms with Gasteiger partial charge in [0.15, 0.2) is 5.65 Å². The van der Waals surface area contributed by atoms with E-state index in [9.17, 15) is 9.59 Å². The summed E-state index contributed by atoms with van der Waals surface area (Å²) in [6, 6.07) is 12.6. The highest BCUT2D eigenvalue weighted by atomic mass is 35.5. The number of likely N-dealkylation sites (N-methyl/N-ethyl adjacent to an activating group) is 1. The first-order valence-corrected chi connectivity index (χ1v) is 7.45. The lowest BCUT2D eigenvalue weighted by Crippen LogP contribution is -2.33. The maximum atomic E-state index is 12.3. The molecule has 0 bridgehead atoms. The van der Waals surface area contributed by atoms with Crippen LogP contribution in [0.1, 0.15) is 5.56 Å². The third kappa shape index (κ3) is 3.27. The van der Waals surface area contributed by atoms with E-state index in [1.54, 1.807) is 42.4 Å². The summed E-state index contributed by atoms with van der Waals surface area (Å²) in [5.74, 6) is -0.199. The van der Waals surface area contributed by atoms with E-state index in [2.05, 4.69) is 5.10 Å². The highest BCUT2D eigenvalue weighted by Crippen LogP contribution is 2.12. The number of nitrogens with zero attached hydrogens (tertiary/aromatic N) is 4. The van der Waals surface area contributed by atoms with E-state index >= 15 is 0 Å². The van der Waals surface area contributed by atoms with Gasteiger partial charge in [-0.2, -0.15) is 0 Å². The van der Waals surface area contributed by atoms with Crippen molar-refractivity contribution in [1.29, 1.82) is 0 Å². The van der Waals surface area contributed by atoms with Gasteiger partial charge in [0.05, 0.1) is 0 Å². The maximum Gasteiger partial charge on any atom is 0.350 e. The second kappa shape index (κ2) is 6.26. The summed E-state index contributed by atoms with van der Waals surface area (Å²) >= 11 is 5.94. The van der Waals surface area contributed by atoms with Crippen LogP contribution in [0, 0.1) is 0 Å². The molecule has 0 unspecified atom stereocenters. The molecular weight excluding hydrogens is 316 g/mol. The molecule has 3 aromatic rings. The molecule has 2 aromatic heterocycles. The number of hydrogen-bond donors (Lipinski definition) is 0. The highest BCUT2D eigenvalue weighted by Gasteiger charge is 2.14. The molecule has 0 fully saturated rings. The molecule has 0 saturated carbocycles. The summed E-state index contributed by atoms with van der Waals surface area (Å²) in [6.07, 6.45) is 1.63. The van der Waals surface area contributed by atoms with Crippen LogP contribution in [0.15, 0.2) is 53.5 Å². The number of carbonyl (C=O) groups excluding carboxylic acids is 1. The van der Waals surface area contributed by atoms with Gasteiger partial charge in [-0.1, -0.05) is 29.8 Å². The molecule has 0 atom stereocenters. The number of amides is 1. The molecule has 118 valence electrons.